The van der Waals surface area contributed by atoms with E-state index in [1.807, 2.05) is 35.9 Å². The molecule has 4 rings (SSSR count). The van der Waals surface area contributed by atoms with Crippen LogP contribution in [0.5, 0.6) is 17.2 Å². The molecule has 2 atom stereocenters. The van der Waals surface area contributed by atoms with Crippen molar-refractivity contribution in [1.29, 1.82) is 5.26 Å². The first-order valence-corrected chi connectivity index (χ1v) is 10.3. The van der Waals surface area contributed by atoms with Crippen LogP contribution in [0, 0.1) is 11.3 Å². The van der Waals surface area contributed by atoms with Gasteiger partial charge in [-0.3, -0.25) is 0 Å². The topological polar surface area (TPSA) is 102 Å². The molecule has 8 nitrogen and oxygen atoms in total. The normalized spacial score (nSPS) is 16.0. The van der Waals surface area contributed by atoms with E-state index < -0.39 is 6.10 Å². The molecule has 2 aromatic carbocycles. The summed E-state index contributed by atoms with van der Waals surface area (Å²) in [6.45, 7) is 0.495. The summed E-state index contributed by atoms with van der Waals surface area (Å²) >= 11 is 1.39. The third-order valence-corrected chi connectivity index (χ3v) is 5.66. The Kier molecular flexibility index (Phi) is 6.07. The number of hydrogen-bond donors (Lipinski definition) is 1. The molecule has 2 unspecified atom stereocenters. The van der Waals surface area contributed by atoms with Crippen molar-refractivity contribution in [2.45, 2.75) is 17.4 Å². The van der Waals surface area contributed by atoms with Gasteiger partial charge in [0.1, 0.15) is 19.0 Å². The Morgan fingerprint density at radius 1 is 1.23 bits per heavy atom. The van der Waals surface area contributed by atoms with Gasteiger partial charge in [-0.25, -0.2) is 0 Å². The second-order valence-corrected chi connectivity index (χ2v) is 7.66. The van der Waals surface area contributed by atoms with Gasteiger partial charge in [0.05, 0.1) is 17.7 Å². The van der Waals surface area contributed by atoms with Crippen LogP contribution in [0.4, 0.5) is 0 Å². The first kappa shape index (κ1) is 20.1. The van der Waals surface area contributed by atoms with E-state index in [1.54, 1.807) is 24.3 Å². The first-order valence-electron chi connectivity index (χ1n) is 9.35. The van der Waals surface area contributed by atoms with Crippen LogP contribution in [0.1, 0.15) is 17.5 Å². The Morgan fingerprint density at radius 3 is 2.77 bits per heavy atom. The molecule has 9 heteroatoms. The van der Waals surface area contributed by atoms with Gasteiger partial charge in [-0.05, 0) is 36.4 Å². The zero-order valence-corrected chi connectivity index (χ0v) is 17.1. The fourth-order valence-corrected chi connectivity index (χ4v) is 3.74. The Balaban J connectivity index is 1.30. The van der Waals surface area contributed by atoms with E-state index in [0.717, 1.165) is 5.75 Å². The van der Waals surface area contributed by atoms with Gasteiger partial charge in [0.15, 0.2) is 28.6 Å². The molecule has 1 N–H and O–H groups in total. The van der Waals surface area contributed by atoms with E-state index in [-0.39, 0.29) is 12.7 Å². The van der Waals surface area contributed by atoms with Gasteiger partial charge in [0, 0.05) is 12.8 Å². The Labute approximate surface area is 178 Å². The number of nitrogens with zero attached hydrogens (tertiary/aromatic N) is 4. The number of hydrogen-bond acceptors (Lipinski definition) is 8. The third-order valence-electron chi connectivity index (χ3n) is 4.50. The predicted octanol–water partition coefficient (Wildman–Crippen LogP) is 2.73. The maximum atomic E-state index is 10.2. The molecule has 0 saturated carbocycles. The number of aromatic nitrogens is 3. The second kappa shape index (κ2) is 9.07. The molecule has 0 fully saturated rings. The third kappa shape index (κ3) is 4.50. The van der Waals surface area contributed by atoms with E-state index in [2.05, 4.69) is 16.3 Å². The quantitative estimate of drug-likeness (QED) is 0.578. The van der Waals surface area contributed by atoms with Crippen molar-refractivity contribution < 1.29 is 19.3 Å². The summed E-state index contributed by atoms with van der Waals surface area (Å²) in [5.74, 6) is 3.06. The maximum absolute atomic E-state index is 10.2. The lowest BCUT2D eigenvalue weighted by Crippen LogP contribution is -2.24. The van der Waals surface area contributed by atoms with Crippen molar-refractivity contribution in [1.82, 2.24) is 14.8 Å². The van der Waals surface area contributed by atoms with Crippen molar-refractivity contribution in [3.8, 4) is 23.3 Å². The van der Waals surface area contributed by atoms with E-state index >= 15 is 0 Å². The average Bonchev–Trinajstić information content (AvgIpc) is 3.16. The highest BCUT2D eigenvalue weighted by molar-refractivity contribution is 7.99. The van der Waals surface area contributed by atoms with Crippen molar-refractivity contribution in [2.75, 3.05) is 19.0 Å². The predicted molar refractivity (Wildman–Crippen MR) is 110 cm³/mol. The highest BCUT2D eigenvalue weighted by Gasteiger charge is 2.27. The van der Waals surface area contributed by atoms with Gasteiger partial charge in [-0.1, -0.05) is 23.9 Å². The molecule has 0 aliphatic carbocycles. The van der Waals surface area contributed by atoms with Gasteiger partial charge < -0.3 is 23.9 Å². The summed E-state index contributed by atoms with van der Waals surface area (Å²) in [5.41, 5.74) is 0.562. The Hall–Kier alpha value is -3.22. The van der Waals surface area contributed by atoms with Crippen LogP contribution in [0.2, 0.25) is 0 Å². The molecule has 0 spiro atoms. The minimum Gasteiger partial charge on any atom is -0.491 e. The zero-order chi connectivity index (χ0) is 20.9. The van der Waals surface area contributed by atoms with Crippen LogP contribution < -0.4 is 14.2 Å². The number of nitriles is 1. The summed E-state index contributed by atoms with van der Waals surface area (Å²) in [4.78, 5) is 0. The Morgan fingerprint density at radius 2 is 2.00 bits per heavy atom. The van der Waals surface area contributed by atoms with Crippen LogP contribution in [0.15, 0.2) is 53.7 Å². The van der Waals surface area contributed by atoms with E-state index in [0.29, 0.717) is 40.4 Å². The van der Waals surface area contributed by atoms with Gasteiger partial charge in [0.2, 0.25) is 0 Å². The summed E-state index contributed by atoms with van der Waals surface area (Å²) < 4.78 is 19.2. The smallest absolute Gasteiger partial charge is 0.192 e. The number of benzene rings is 2. The molecular weight excluding hydrogens is 404 g/mol. The second-order valence-electron chi connectivity index (χ2n) is 6.68. The van der Waals surface area contributed by atoms with Crippen LogP contribution in [0.25, 0.3) is 0 Å². The van der Waals surface area contributed by atoms with Crippen molar-refractivity contribution in [3.63, 3.8) is 0 Å². The minimum atomic E-state index is -0.688. The van der Waals surface area contributed by atoms with E-state index in [9.17, 15) is 5.11 Å². The highest BCUT2D eigenvalue weighted by atomic mass is 32.2. The molecule has 2 heterocycles. The molecule has 1 aliphatic heterocycles. The van der Waals surface area contributed by atoms with Gasteiger partial charge in [-0.2, -0.15) is 5.26 Å². The summed E-state index contributed by atoms with van der Waals surface area (Å²) in [7, 11) is 1.86. The van der Waals surface area contributed by atoms with Crippen LogP contribution in [-0.4, -0.2) is 44.9 Å². The SMILES string of the molecule is Cn1c(SCC(O)COc2ccc(C#N)cc2)nnc1C1COc2ccccc2O1. The van der Waals surface area contributed by atoms with Gasteiger partial charge in [-0.15, -0.1) is 10.2 Å². The number of ether oxygens (including phenoxy) is 3. The number of thioether (sulfide) groups is 1. The van der Waals surface area contributed by atoms with Crippen molar-refractivity contribution >= 4 is 11.8 Å². The van der Waals surface area contributed by atoms with E-state index in [1.165, 1.54) is 11.8 Å². The molecule has 0 saturated heterocycles. The molecular formula is C21H20N4O4S. The van der Waals surface area contributed by atoms with Crippen molar-refractivity contribution in [3.05, 3.63) is 59.9 Å². The van der Waals surface area contributed by atoms with Crippen LogP contribution >= 0.6 is 11.8 Å². The van der Waals surface area contributed by atoms with Crippen LogP contribution in [-0.2, 0) is 7.05 Å². The summed E-state index contributed by atoms with van der Waals surface area (Å²) in [5, 5.41) is 28.2. The van der Waals surface area contributed by atoms with Gasteiger partial charge in [0.25, 0.3) is 0 Å². The molecule has 0 radical (unpaired) electrons. The minimum absolute atomic E-state index is 0.139. The number of para-hydroxylation sites is 2. The highest BCUT2D eigenvalue weighted by Crippen LogP contribution is 2.35. The fourth-order valence-electron chi connectivity index (χ4n) is 2.92. The molecule has 154 valence electrons. The lowest BCUT2D eigenvalue weighted by Gasteiger charge is -2.25. The molecule has 0 bridgehead atoms. The number of aliphatic hydroxyl groups excluding tert-OH is 1. The molecule has 30 heavy (non-hydrogen) atoms. The lowest BCUT2D eigenvalue weighted by molar-refractivity contribution is 0.0825. The monoisotopic (exact) mass is 424 g/mol. The molecule has 1 aromatic heterocycles. The summed E-state index contributed by atoms with van der Waals surface area (Å²) in [6.07, 6.45) is -1.04. The maximum Gasteiger partial charge on any atom is 0.192 e. The lowest BCUT2D eigenvalue weighted by atomic mass is 10.2. The number of rotatable bonds is 7. The number of fused-ring (bicyclic) bond motifs is 1. The van der Waals surface area contributed by atoms with Crippen LogP contribution in [0.3, 0.4) is 0 Å². The van der Waals surface area contributed by atoms with E-state index in [4.69, 9.17) is 19.5 Å². The fraction of sp³-hybridized carbons (Fsp3) is 0.286. The molecule has 3 aromatic rings. The zero-order valence-electron chi connectivity index (χ0n) is 16.3. The number of aliphatic hydroxyl groups is 1. The first-order chi connectivity index (χ1) is 14.6. The average molecular weight is 424 g/mol. The van der Waals surface area contributed by atoms with Gasteiger partial charge >= 0.3 is 0 Å². The Bertz CT molecular complexity index is 1050. The van der Waals surface area contributed by atoms with Crippen molar-refractivity contribution in [2.24, 2.45) is 7.05 Å². The standard InChI is InChI=1S/C21H20N4O4S/c1-25-20(19-12-28-17-4-2-3-5-18(17)29-19)23-24-21(25)30-13-15(26)11-27-16-8-6-14(10-22)7-9-16/h2-9,15,19,26H,11-13H2,1H3. The summed E-state index contributed by atoms with van der Waals surface area (Å²) in [6, 6.07) is 16.3. The largest absolute Gasteiger partial charge is 0.491 e. The molecule has 1 aliphatic rings. The molecule has 0 amide bonds.